The molecular formula is C17H15FN2O. The standard InChI is InChI=1S/C17H15FN2O/c1-20-11-12(10-19-20)6-9-17(21)15-7-8-16(18)14-5-3-2-4-13(14)15/h2-5,7-8,10-11H,6,9H2,1H3. The molecule has 0 amide bonds. The van der Waals surface area contributed by atoms with Gasteiger partial charge in [0, 0.05) is 30.6 Å². The fourth-order valence-corrected chi connectivity index (χ4v) is 2.50. The van der Waals surface area contributed by atoms with Crippen molar-refractivity contribution in [3.63, 3.8) is 0 Å². The van der Waals surface area contributed by atoms with Gasteiger partial charge in [0.05, 0.1) is 6.20 Å². The fraction of sp³-hybridized carbons (Fsp3) is 0.176. The number of Topliss-reactive ketones (excluding diaryl/α,β-unsaturated/α-hetero) is 1. The zero-order valence-electron chi connectivity index (χ0n) is 11.7. The van der Waals surface area contributed by atoms with Gasteiger partial charge in [-0.1, -0.05) is 24.3 Å². The average molecular weight is 282 g/mol. The number of hydrogen-bond donors (Lipinski definition) is 0. The maximum Gasteiger partial charge on any atom is 0.163 e. The van der Waals surface area contributed by atoms with Crippen LogP contribution in [-0.4, -0.2) is 15.6 Å². The molecule has 21 heavy (non-hydrogen) atoms. The first-order valence-corrected chi connectivity index (χ1v) is 6.83. The molecule has 1 heterocycles. The van der Waals surface area contributed by atoms with Gasteiger partial charge >= 0.3 is 0 Å². The maximum atomic E-state index is 13.8. The number of aryl methyl sites for hydroxylation is 2. The van der Waals surface area contributed by atoms with Gasteiger partial charge in [-0.2, -0.15) is 5.10 Å². The number of halogens is 1. The Kier molecular flexibility index (Phi) is 3.52. The lowest BCUT2D eigenvalue weighted by atomic mass is 9.98. The molecule has 1 aromatic heterocycles. The van der Waals surface area contributed by atoms with E-state index >= 15 is 0 Å². The quantitative estimate of drug-likeness (QED) is 0.686. The third-order valence-electron chi connectivity index (χ3n) is 3.57. The van der Waals surface area contributed by atoms with E-state index in [0.29, 0.717) is 29.2 Å². The number of aromatic nitrogens is 2. The van der Waals surface area contributed by atoms with Crippen LogP contribution in [-0.2, 0) is 13.5 Å². The van der Waals surface area contributed by atoms with Crippen molar-refractivity contribution in [1.29, 1.82) is 0 Å². The Morgan fingerprint density at radius 2 is 1.95 bits per heavy atom. The molecule has 0 unspecified atom stereocenters. The average Bonchev–Trinajstić information content (AvgIpc) is 2.91. The molecule has 3 rings (SSSR count). The SMILES string of the molecule is Cn1cc(CCC(=O)c2ccc(F)c3ccccc23)cn1. The minimum absolute atomic E-state index is 0.0232. The van der Waals surface area contributed by atoms with E-state index in [9.17, 15) is 9.18 Å². The second kappa shape index (κ2) is 5.48. The Bertz CT molecular complexity index is 807. The van der Waals surface area contributed by atoms with Gasteiger partial charge in [0.2, 0.25) is 0 Å². The van der Waals surface area contributed by atoms with E-state index in [4.69, 9.17) is 0 Å². The predicted molar refractivity (Wildman–Crippen MR) is 79.8 cm³/mol. The van der Waals surface area contributed by atoms with Crippen LogP contribution in [0.25, 0.3) is 10.8 Å². The minimum Gasteiger partial charge on any atom is -0.294 e. The minimum atomic E-state index is -0.297. The van der Waals surface area contributed by atoms with E-state index in [0.717, 1.165) is 5.56 Å². The van der Waals surface area contributed by atoms with E-state index < -0.39 is 0 Å². The van der Waals surface area contributed by atoms with Crippen LogP contribution < -0.4 is 0 Å². The Balaban J connectivity index is 1.86. The van der Waals surface area contributed by atoms with Gasteiger partial charge in [-0.15, -0.1) is 0 Å². The van der Waals surface area contributed by atoms with Crippen LogP contribution in [0.3, 0.4) is 0 Å². The summed E-state index contributed by atoms with van der Waals surface area (Å²) in [7, 11) is 1.85. The van der Waals surface area contributed by atoms with Crippen LogP contribution in [0.15, 0.2) is 48.8 Å². The van der Waals surface area contributed by atoms with Crippen LogP contribution in [0.4, 0.5) is 4.39 Å². The summed E-state index contributed by atoms with van der Waals surface area (Å²) in [5, 5.41) is 5.25. The van der Waals surface area contributed by atoms with Crippen molar-refractivity contribution in [1.82, 2.24) is 9.78 Å². The van der Waals surface area contributed by atoms with Crippen molar-refractivity contribution >= 4 is 16.6 Å². The van der Waals surface area contributed by atoms with Crippen molar-refractivity contribution in [3.05, 3.63) is 65.7 Å². The van der Waals surface area contributed by atoms with Gasteiger partial charge < -0.3 is 0 Å². The van der Waals surface area contributed by atoms with Crippen molar-refractivity contribution in [3.8, 4) is 0 Å². The third-order valence-corrected chi connectivity index (χ3v) is 3.57. The molecule has 0 aliphatic heterocycles. The lowest BCUT2D eigenvalue weighted by molar-refractivity contribution is 0.0984. The van der Waals surface area contributed by atoms with Crippen LogP contribution in [0.5, 0.6) is 0 Å². The third kappa shape index (κ3) is 2.70. The van der Waals surface area contributed by atoms with Crippen molar-refractivity contribution in [2.24, 2.45) is 7.05 Å². The molecule has 0 bridgehead atoms. The van der Waals surface area contributed by atoms with Gasteiger partial charge in [-0.3, -0.25) is 9.48 Å². The highest BCUT2D eigenvalue weighted by molar-refractivity contribution is 6.08. The molecule has 2 aromatic carbocycles. The number of benzene rings is 2. The van der Waals surface area contributed by atoms with Gasteiger partial charge in [-0.25, -0.2) is 4.39 Å². The van der Waals surface area contributed by atoms with Gasteiger partial charge in [0.25, 0.3) is 0 Å². The molecule has 0 atom stereocenters. The van der Waals surface area contributed by atoms with Crippen molar-refractivity contribution < 1.29 is 9.18 Å². The number of fused-ring (bicyclic) bond motifs is 1. The molecule has 106 valence electrons. The van der Waals surface area contributed by atoms with E-state index in [1.54, 1.807) is 35.1 Å². The molecule has 0 radical (unpaired) electrons. The summed E-state index contributed by atoms with van der Waals surface area (Å²) in [5.74, 6) is -0.274. The molecule has 4 heteroatoms. The lowest BCUT2D eigenvalue weighted by Gasteiger charge is -2.06. The molecule has 0 aliphatic carbocycles. The van der Waals surface area contributed by atoms with Crippen LogP contribution in [0.2, 0.25) is 0 Å². The largest absolute Gasteiger partial charge is 0.294 e. The van der Waals surface area contributed by atoms with E-state index in [1.807, 2.05) is 19.3 Å². The first kappa shape index (κ1) is 13.5. The normalized spacial score (nSPS) is 11.0. The highest BCUT2D eigenvalue weighted by Crippen LogP contribution is 2.23. The summed E-state index contributed by atoms with van der Waals surface area (Å²) in [6, 6.07) is 10.0. The van der Waals surface area contributed by atoms with Crippen LogP contribution >= 0.6 is 0 Å². The van der Waals surface area contributed by atoms with Crippen molar-refractivity contribution in [2.75, 3.05) is 0 Å². The number of rotatable bonds is 4. The van der Waals surface area contributed by atoms with Gasteiger partial charge in [-0.05, 0) is 29.5 Å². The Morgan fingerprint density at radius 1 is 1.19 bits per heavy atom. The summed E-state index contributed by atoms with van der Waals surface area (Å²) < 4.78 is 15.5. The Labute approximate surface area is 122 Å². The number of carbonyl (C=O) groups is 1. The second-order valence-electron chi connectivity index (χ2n) is 5.09. The summed E-state index contributed by atoms with van der Waals surface area (Å²) in [4.78, 5) is 12.4. The molecular weight excluding hydrogens is 267 g/mol. The Hall–Kier alpha value is -2.49. The second-order valence-corrected chi connectivity index (χ2v) is 5.09. The molecule has 0 spiro atoms. The molecule has 0 saturated carbocycles. The van der Waals surface area contributed by atoms with Crippen molar-refractivity contribution in [2.45, 2.75) is 12.8 Å². The first-order chi connectivity index (χ1) is 10.1. The van der Waals surface area contributed by atoms with E-state index in [2.05, 4.69) is 5.10 Å². The van der Waals surface area contributed by atoms with Crippen LogP contribution in [0.1, 0.15) is 22.3 Å². The highest BCUT2D eigenvalue weighted by Gasteiger charge is 2.12. The lowest BCUT2D eigenvalue weighted by Crippen LogP contribution is -2.02. The zero-order chi connectivity index (χ0) is 14.8. The number of ketones is 1. The van der Waals surface area contributed by atoms with Gasteiger partial charge in [0.1, 0.15) is 5.82 Å². The molecule has 0 saturated heterocycles. The highest BCUT2D eigenvalue weighted by atomic mass is 19.1. The summed E-state index contributed by atoms with van der Waals surface area (Å²) in [6.07, 6.45) is 4.69. The predicted octanol–water partition coefficient (Wildman–Crippen LogP) is 3.53. The number of hydrogen-bond acceptors (Lipinski definition) is 2. The monoisotopic (exact) mass is 282 g/mol. The summed E-state index contributed by atoms with van der Waals surface area (Å²) >= 11 is 0. The van der Waals surface area contributed by atoms with E-state index in [1.165, 1.54) is 6.07 Å². The zero-order valence-corrected chi connectivity index (χ0v) is 11.7. The fourth-order valence-electron chi connectivity index (χ4n) is 2.50. The first-order valence-electron chi connectivity index (χ1n) is 6.83. The molecule has 3 nitrogen and oxygen atoms in total. The maximum absolute atomic E-state index is 13.8. The summed E-state index contributed by atoms with van der Waals surface area (Å²) in [5.41, 5.74) is 1.60. The smallest absolute Gasteiger partial charge is 0.163 e. The molecule has 0 aliphatic rings. The molecule has 3 aromatic rings. The topological polar surface area (TPSA) is 34.9 Å². The summed E-state index contributed by atoms with van der Waals surface area (Å²) in [6.45, 7) is 0. The van der Waals surface area contributed by atoms with Crippen LogP contribution in [0, 0.1) is 5.82 Å². The number of nitrogens with zero attached hydrogens (tertiary/aromatic N) is 2. The molecule has 0 fully saturated rings. The van der Waals surface area contributed by atoms with Gasteiger partial charge in [0.15, 0.2) is 5.78 Å². The number of carbonyl (C=O) groups excluding carboxylic acids is 1. The van der Waals surface area contributed by atoms with E-state index in [-0.39, 0.29) is 11.6 Å². The molecule has 0 N–H and O–H groups in total. The Morgan fingerprint density at radius 3 is 2.67 bits per heavy atom.